The van der Waals surface area contributed by atoms with E-state index in [1.165, 1.54) is 29.2 Å². The zero-order valence-corrected chi connectivity index (χ0v) is 28.2. The van der Waals surface area contributed by atoms with Gasteiger partial charge in [0, 0.05) is 12.1 Å². The molecule has 0 aliphatic carbocycles. The minimum Gasteiger partial charge on any atom is -0.508 e. The number of carbonyl (C=O) groups excluding carboxylic acids is 4. The number of hydrogen-bond donors (Lipinski definition) is 3. The van der Waals surface area contributed by atoms with Crippen LogP contribution in [-0.4, -0.2) is 64.3 Å². The second-order valence-corrected chi connectivity index (χ2v) is 12.9. The van der Waals surface area contributed by atoms with Crippen molar-refractivity contribution in [1.29, 1.82) is 0 Å². The third-order valence-electron chi connectivity index (χ3n) is 7.94. The Labute approximate surface area is 291 Å². The number of hydrogen-bond acceptors (Lipinski definition) is 8. The van der Waals surface area contributed by atoms with Crippen LogP contribution in [0.2, 0.25) is 0 Å². The van der Waals surface area contributed by atoms with Crippen LogP contribution in [-0.2, 0) is 16.1 Å². The summed E-state index contributed by atoms with van der Waals surface area (Å²) in [7, 11) is 0. The third-order valence-corrected chi connectivity index (χ3v) is 7.94. The minimum atomic E-state index is -1.39. The van der Waals surface area contributed by atoms with Gasteiger partial charge in [-0.25, -0.2) is 9.59 Å². The van der Waals surface area contributed by atoms with E-state index in [0.717, 1.165) is 5.56 Å². The summed E-state index contributed by atoms with van der Waals surface area (Å²) < 4.78 is 17.8. The maximum Gasteiger partial charge on any atom is 0.413 e. The molecule has 4 aromatic rings. The Morgan fingerprint density at radius 3 is 2.10 bits per heavy atom. The number of phenols is 1. The number of nitrogens with zero attached hydrogens (tertiary/aromatic N) is 1. The van der Waals surface area contributed by atoms with Crippen LogP contribution in [0.15, 0.2) is 109 Å². The number of para-hydroxylation sites is 1. The number of carbonyl (C=O) groups is 4. The number of nitrogens with one attached hydrogen (secondary N) is 2. The zero-order valence-electron chi connectivity index (χ0n) is 28.2. The highest BCUT2D eigenvalue weighted by atomic mass is 16.6. The number of ether oxygens (including phenoxy) is 3. The highest BCUT2D eigenvalue weighted by molar-refractivity contribution is 5.97. The number of benzene rings is 4. The van der Waals surface area contributed by atoms with Crippen molar-refractivity contribution in [3.05, 3.63) is 131 Å². The average molecular weight is 680 g/mol. The lowest BCUT2D eigenvalue weighted by atomic mass is 10.0. The van der Waals surface area contributed by atoms with Crippen molar-refractivity contribution in [2.45, 2.75) is 64.1 Å². The van der Waals surface area contributed by atoms with E-state index in [0.29, 0.717) is 18.6 Å². The lowest BCUT2D eigenvalue weighted by molar-refractivity contribution is -0.0578. The van der Waals surface area contributed by atoms with Gasteiger partial charge in [0.15, 0.2) is 0 Å². The van der Waals surface area contributed by atoms with Gasteiger partial charge in [0.05, 0.1) is 17.2 Å². The van der Waals surface area contributed by atoms with Crippen LogP contribution >= 0.6 is 0 Å². The summed E-state index contributed by atoms with van der Waals surface area (Å²) in [5.74, 6) is -1.47. The number of phenolic OH excluding ortho intramolecular Hbond substituents is 1. The van der Waals surface area contributed by atoms with Crippen molar-refractivity contribution >= 4 is 23.9 Å². The van der Waals surface area contributed by atoms with Crippen LogP contribution in [0.25, 0.3) is 0 Å². The molecule has 0 radical (unpaired) electrons. The zero-order chi connectivity index (χ0) is 35.7. The molecule has 3 N–H and O–H groups in total. The number of likely N-dealkylation sites (tertiary alicyclic amines) is 1. The maximum absolute atomic E-state index is 14.0. The van der Waals surface area contributed by atoms with E-state index in [-0.39, 0.29) is 35.6 Å². The minimum absolute atomic E-state index is 0.0277. The predicted molar refractivity (Wildman–Crippen MR) is 186 cm³/mol. The molecule has 1 aliphatic rings. The van der Waals surface area contributed by atoms with Crippen LogP contribution < -0.4 is 15.4 Å². The van der Waals surface area contributed by atoms with E-state index in [9.17, 15) is 24.3 Å². The van der Waals surface area contributed by atoms with Gasteiger partial charge < -0.3 is 30.0 Å². The van der Waals surface area contributed by atoms with Crippen LogP contribution in [0.3, 0.4) is 0 Å². The Balaban J connectivity index is 1.50. The molecule has 0 aromatic heterocycles. The maximum atomic E-state index is 14.0. The molecular weight excluding hydrogens is 638 g/mol. The summed E-state index contributed by atoms with van der Waals surface area (Å²) in [5, 5.41) is 15.8. The molecule has 1 heterocycles. The van der Waals surface area contributed by atoms with Crippen LogP contribution in [0, 0.1) is 0 Å². The fraction of sp³-hybridized carbons (Fsp3) is 0.282. The van der Waals surface area contributed by atoms with Gasteiger partial charge >= 0.3 is 12.1 Å². The molecule has 3 amide bonds. The SMILES string of the molecule is CC(C)(C)OC(=O)N1CCCC(NC(=O)c2ccccc2OCc2ccccc2)C(NC(=O)c2ccc(O)cc2)C1OC(=O)c1ccccc1. The van der Waals surface area contributed by atoms with Crippen LogP contribution in [0.5, 0.6) is 11.5 Å². The summed E-state index contributed by atoms with van der Waals surface area (Å²) in [6.07, 6.45) is -1.46. The summed E-state index contributed by atoms with van der Waals surface area (Å²) >= 11 is 0. The van der Waals surface area contributed by atoms with Gasteiger partial charge in [-0.1, -0.05) is 60.7 Å². The second-order valence-electron chi connectivity index (χ2n) is 12.9. The molecule has 11 nitrogen and oxygen atoms in total. The van der Waals surface area contributed by atoms with E-state index in [4.69, 9.17) is 14.2 Å². The standard InChI is InChI=1S/C39H41N3O8/c1-39(2,3)50-38(47)42-24-12-18-31(40-35(45)30-17-10-11-19-32(30)48-25-26-13-6-4-7-14-26)33(41-34(44)27-20-22-29(43)23-21-27)36(42)49-37(46)28-15-8-5-9-16-28/h4-11,13-17,19-23,31,33,36,43H,12,18,24-25H2,1-3H3,(H,40,45)(H,41,44). The van der Waals surface area contributed by atoms with Gasteiger partial charge in [-0.2, -0.15) is 0 Å². The predicted octanol–water partition coefficient (Wildman–Crippen LogP) is 6.08. The van der Waals surface area contributed by atoms with Crippen molar-refractivity contribution in [1.82, 2.24) is 15.5 Å². The van der Waals surface area contributed by atoms with Crippen molar-refractivity contribution < 1.29 is 38.5 Å². The molecule has 0 saturated carbocycles. The summed E-state index contributed by atoms with van der Waals surface area (Å²) in [5.41, 5.74) is 0.745. The monoisotopic (exact) mass is 679 g/mol. The highest BCUT2D eigenvalue weighted by Crippen LogP contribution is 2.26. The molecule has 5 rings (SSSR count). The molecule has 1 fully saturated rings. The third kappa shape index (κ3) is 9.40. The van der Waals surface area contributed by atoms with E-state index in [2.05, 4.69) is 10.6 Å². The Bertz CT molecular complexity index is 1770. The van der Waals surface area contributed by atoms with Gasteiger partial charge in [-0.15, -0.1) is 0 Å². The fourth-order valence-corrected chi connectivity index (χ4v) is 5.53. The molecule has 1 saturated heterocycles. The normalized spacial score (nSPS) is 17.5. The molecule has 3 atom stereocenters. The Morgan fingerprint density at radius 2 is 1.42 bits per heavy atom. The van der Waals surface area contributed by atoms with Crippen LogP contribution in [0.1, 0.15) is 70.3 Å². The molecule has 0 spiro atoms. The first-order valence-corrected chi connectivity index (χ1v) is 16.4. The van der Waals surface area contributed by atoms with E-state index in [1.54, 1.807) is 75.4 Å². The number of rotatable bonds is 9. The van der Waals surface area contributed by atoms with E-state index in [1.807, 2.05) is 30.3 Å². The molecule has 11 heteroatoms. The molecule has 0 bridgehead atoms. The lowest BCUT2D eigenvalue weighted by Crippen LogP contribution is -2.62. The summed E-state index contributed by atoms with van der Waals surface area (Å²) in [4.78, 5) is 56.2. The van der Waals surface area contributed by atoms with Gasteiger partial charge in [-0.3, -0.25) is 14.5 Å². The molecule has 260 valence electrons. The Hall–Kier alpha value is -5.84. The van der Waals surface area contributed by atoms with Crippen LogP contribution in [0.4, 0.5) is 4.79 Å². The largest absolute Gasteiger partial charge is 0.508 e. The van der Waals surface area contributed by atoms with Crippen molar-refractivity contribution in [3.8, 4) is 11.5 Å². The first-order valence-electron chi connectivity index (χ1n) is 16.4. The van der Waals surface area contributed by atoms with Gasteiger partial charge in [0.2, 0.25) is 6.23 Å². The van der Waals surface area contributed by atoms with Gasteiger partial charge in [-0.05, 0) is 87.7 Å². The Morgan fingerprint density at radius 1 is 0.780 bits per heavy atom. The highest BCUT2D eigenvalue weighted by Gasteiger charge is 2.44. The van der Waals surface area contributed by atoms with Gasteiger partial charge in [0.1, 0.15) is 29.7 Å². The molecule has 50 heavy (non-hydrogen) atoms. The smallest absolute Gasteiger partial charge is 0.413 e. The molecule has 1 aliphatic heterocycles. The fourth-order valence-electron chi connectivity index (χ4n) is 5.53. The first-order chi connectivity index (χ1) is 24.0. The van der Waals surface area contributed by atoms with E-state index < -0.39 is 47.8 Å². The average Bonchev–Trinajstić information content (AvgIpc) is 3.26. The lowest BCUT2D eigenvalue weighted by Gasteiger charge is -2.38. The number of amides is 3. The first kappa shape index (κ1) is 35.5. The summed E-state index contributed by atoms with van der Waals surface area (Å²) in [6, 6.07) is 28.3. The molecular formula is C39H41N3O8. The summed E-state index contributed by atoms with van der Waals surface area (Å²) in [6.45, 7) is 5.51. The van der Waals surface area contributed by atoms with Crippen molar-refractivity contribution in [2.75, 3.05) is 6.54 Å². The van der Waals surface area contributed by atoms with Crippen molar-refractivity contribution in [3.63, 3.8) is 0 Å². The van der Waals surface area contributed by atoms with E-state index >= 15 is 0 Å². The van der Waals surface area contributed by atoms with Crippen molar-refractivity contribution in [2.24, 2.45) is 0 Å². The Kier molecular flexibility index (Phi) is 11.4. The second kappa shape index (κ2) is 16.0. The quantitative estimate of drug-likeness (QED) is 0.181. The van der Waals surface area contributed by atoms with Gasteiger partial charge in [0.25, 0.3) is 11.8 Å². The molecule has 3 unspecified atom stereocenters. The molecule has 4 aromatic carbocycles. The number of esters is 1. The topological polar surface area (TPSA) is 144 Å². The number of aromatic hydroxyl groups is 1.